The van der Waals surface area contributed by atoms with Crippen molar-refractivity contribution in [3.8, 4) is 0 Å². The van der Waals surface area contributed by atoms with Gasteiger partial charge >= 0.3 is 0 Å². The number of rotatable bonds is 6. The molecule has 2 aliphatic rings. The average Bonchev–Trinajstić information content (AvgIpc) is 2.62. The zero-order valence-corrected chi connectivity index (χ0v) is 15.2. The van der Waals surface area contributed by atoms with Gasteiger partial charge in [-0.25, -0.2) is 9.97 Å². The Labute approximate surface area is 149 Å². The average molecular weight is 348 g/mol. The van der Waals surface area contributed by atoms with Crippen LogP contribution in [0.15, 0.2) is 6.33 Å². The van der Waals surface area contributed by atoms with Crippen molar-refractivity contribution in [2.45, 2.75) is 13.0 Å². The third kappa shape index (κ3) is 4.65. The van der Waals surface area contributed by atoms with E-state index in [-0.39, 0.29) is 5.91 Å². The van der Waals surface area contributed by atoms with Gasteiger partial charge in [0, 0.05) is 64.9 Å². The Bertz CT molecular complexity index is 589. The molecule has 1 aromatic heterocycles. The molecule has 1 N–H and O–H groups in total. The van der Waals surface area contributed by atoms with Gasteiger partial charge in [0.15, 0.2) is 0 Å². The Morgan fingerprint density at radius 3 is 2.80 bits per heavy atom. The Morgan fingerprint density at radius 2 is 2.04 bits per heavy atom. The third-order valence-electron chi connectivity index (χ3n) is 4.84. The van der Waals surface area contributed by atoms with Gasteiger partial charge in [0.1, 0.15) is 12.1 Å². The Hall–Kier alpha value is -1.77. The van der Waals surface area contributed by atoms with E-state index in [2.05, 4.69) is 37.0 Å². The number of methoxy groups -OCH3 is 1. The molecule has 0 unspecified atom stereocenters. The van der Waals surface area contributed by atoms with Gasteiger partial charge in [-0.05, 0) is 7.05 Å². The SMILES string of the molecule is COCCNC(=O)CN1CCN(c2ncnc3c2CN(C)CC3)CC1. The first-order chi connectivity index (χ1) is 12.2. The number of anilines is 1. The van der Waals surface area contributed by atoms with E-state index >= 15 is 0 Å². The molecule has 0 saturated carbocycles. The number of carbonyl (C=O) groups excluding carboxylic acids is 1. The van der Waals surface area contributed by atoms with E-state index in [9.17, 15) is 4.79 Å². The number of piperazine rings is 1. The molecule has 3 rings (SSSR count). The highest BCUT2D eigenvalue weighted by atomic mass is 16.5. The van der Waals surface area contributed by atoms with Crippen LogP contribution in [0, 0.1) is 0 Å². The normalized spacial score (nSPS) is 18.9. The summed E-state index contributed by atoms with van der Waals surface area (Å²) in [5.74, 6) is 1.13. The molecule has 0 aromatic carbocycles. The summed E-state index contributed by atoms with van der Waals surface area (Å²) in [4.78, 5) is 27.8. The minimum absolute atomic E-state index is 0.0616. The lowest BCUT2D eigenvalue weighted by molar-refractivity contribution is -0.122. The standard InChI is InChI=1S/C17H28N6O2/c1-21-5-3-15-14(11-21)17(20-13-19-15)23-8-6-22(7-9-23)12-16(24)18-4-10-25-2/h13H,3-12H2,1-2H3,(H,18,24). The highest BCUT2D eigenvalue weighted by Gasteiger charge is 2.25. The highest BCUT2D eigenvalue weighted by Crippen LogP contribution is 2.25. The monoisotopic (exact) mass is 348 g/mol. The number of aromatic nitrogens is 2. The predicted molar refractivity (Wildman–Crippen MR) is 95.6 cm³/mol. The fourth-order valence-corrected chi connectivity index (χ4v) is 3.40. The van der Waals surface area contributed by atoms with Crippen molar-refractivity contribution in [1.29, 1.82) is 0 Å². The van der Waals surface area contributed by atoms with E-state index < -0.39 is 0 Å². The van der Waals surface area contributed by atoms with Crippen molar-refractivity contribution in [1.82, 2.24) is 25.1 Å². The van der Waals surface area contributed by atoms with Gasteiger partial charge in [0.25, 0.3) is 0 Å². The molecular formula is C17H28N6O2. The fourth-order valence-electron chi connectivity index (χ4n) is 3.40. The molecule has 3 heterocycles. The minimum atomic E-state index is 0.0616. The Morgan fingerprint density at radius 1 is 1.24 bits per heavy atom. The topological polar surface area (TPSA) is 73.8 Å². The molecule has 1 saturated heterocycles. The maximum Gasteiger partial charge on any atom is 0.234 e. The van der Waals surface area contributed by atoms with E-state index in [1.165, 1.54) is 11.3 Å². The molecule has 138 valence electrons. The van der Waals surface area contributed by atoms with Crippen molar-refractivity contribution >= 4 is 11.7 Å². The van der Waals surface area contributed by atoms with Crippen molar-refractivity contribution in [3.63, 3.8) is 0 Å². The summed E-state index contributed by atoms with van der Waals surface area (Å²) in [7, 11) is 3.77. The summed E-state index contributed by atoms with van der Waals surface area (Å²) < 4.78 is 4.95. The van der Waals surface area contributed by atoms with Crippen LogP contribution in [0.1, 0.15) is 11.3 Å². The summed E-state index contributed by atoms with van der Waals surface area (Å²) in [6, 6.07) is 0. The van der Waals surface area contributed by atoms with Gasteiger partial charge in [0.05, 0.1) is 18.8 Å². The van der Waals surface area contributed by atoms with Crippen LogP contribution in [0.5, 0.6) is 0 Å². The summed E-state index contributed by atoms with van der Waals surface area (Å²) in [6.07, 6.45) is 2.68. The molecule has 1 fully saturated rings. The molecule has 0 radical (unpaired) electrons. The molecule has 0 aliphatic carbocycles. The van der Waals surface area contributed by atoms with Crippen LogP contribution in [0.3, 0.4) is 0 Å². The van der Waals surface area contributed by atoms with E-state index in [1.807, 2.05) is 0 Å². The van der Waals surface area contributed by atoms with Gasteiger partial charge < -0.3 is 19.9 Å². The zero-order chi connectivity index (χ0) is 17.6. The van der Waals surface area contributed by atoms with Crippen molar-refractivity contribution in [2.75, 3.05) is 71.5 Å². The smallest absolute Gasteiger partial charge is 0.234 e. The molecule has 8 nitrogen and oxygen atoms in total. The number of nitrogens with one attached hydrogen (secondary N) is 1. The van der Waals surface area contributed by atoms with Crippen LogP contribution < -0.4 is 10.2 Å². The van der Waals surface area contributed by atoms with Crippen molar-refractivity contribution in [3.05, 3.63) is 17.6 Å². The second kappa shape index (κ2) is 8.55. The third-order valence-corrected chi connectivity index (χ3v) is 4.84. The summed E-state index contributed by atoms with van der Waals surface area (Å²) >= 11 is 0. The molecule has 2 aliphatic heterocycles. The highest BCUT2D eigenvalue weighted by molar-refractivity contribution is 5.78. The van der Waals surface area contributed by atoms with E-state index in [0.29, 0.717) is 19.7 Å². The molecule has 1 amide bonds. The number of nitrogens with zero attached hydrogens (tertiary/aromatic N) is 5. The number of ether oxygens (including phenoxy) is 1. The van der Waals surface area contributed by atoms with Crippen LogP contribution in [0.25, 0.3) is 0 Å². The zero-order valence-electron chi connectivity index (χ0n) is 15.2. The summed E-state index contributed by atoms with van der Waals surface area (Å²) in [5, 5.41) is 2.87. The lowest BCUT2D eigenvalue weighted by atomic mass is 10.1. The van der Waals surface area contributed by atoms with Gasteiger partial charge in [0.2, 0.25) is 5.91 Å². The Kier molecular flexibility index (Phi) is 6.17. The van der Waals surface area contributed by atoms with Crippen molar-refractivity contribution in [2.24, 2.45) is 0 Å². The lowest BCUT2D eigenvalue weighted by Gasteiger charge is -2.37. The van der Waals surface area contributed by atoms with Crippen molar-refractivity contribution < 1.29 is 9.53 Å². The molecule has 0 bridgehead atoms. The minimum Gasteiger partial charge on any atom is -0.383 e. The van der Waals surface area contributed by atoms with Gasteiger partial charge in [-0.2, -0.15) is 0 Å². The van der Waals surface area contributed by atoms with Crippen LogP contribution >= 0.6 is 0 Å². The number of fused-ring (bicyclic) bond motifs is 1. The second-order valence-corrected chi connectivity index (χ2v) is 6.72. The van der Waals surface area contributed by atoms with Gasteiger partial charge in [-0.1, -0.05) is 0 Å². The number of carbonyl (C=O) groups is 1. The predicted octanol–water partition coefficient (Wildman–Crippen LogP) is -0.651. The molecule has 0 spiro atoms. The largest absolute Gasteiger partial charge is 0.383 e. The van der Waals surface area contributed by atoms with E-state index in [4.69, 9.17) is 4.74 Å². The van der Waals surface area contributed by atoms with Crippen LogP contribution in [-0.2, 0) is 22.5 Å². The molecule has 0 atom stereocenters. The number of hydrogen-bond donors (Lipinski definition) is 1. The second-order valence-electron chi connectivity index (χ2n) is 6.72. The number of likely N-dealkylation sites (N-methyl/N-ethyl adjacent to an activating group) is 1. The molecule has 25 heavy (non-hydrogen) atoms. The lowest BCUT2D eigenvalue weighted by Crippen LogP contribution is -2.50. The first-order valence-electron chi connectivity index (χ1n) is 8.91. The summed E-state index contributed by atoms with van der Waals surface area (Å²) in [5.41, 5.74) is 2.45. The van der Waals surface area contributed by atoms with Gasteiger partial charge in [-0.15, -0.1) is 0 Å². The van der Waals surface area contributed by atoms with Crippen LogP contribution in [0.2, 0.25) is 0 Å². The van der Waals surface area contributed by atoms with Crippen LogP contribution in [0.4, 0.5) is 5.82 Å². The first kappa shape index (κ1) is 18.0. The maximum atomic E-state index is 11.9. The molecule has 8 heteroatoms. The molecule has 1 aromatic rings. The quantitative estimate of drug-likeness (QED) is 0.685. The molecular weight excluding hydrogens is 320 g/mol. The van der Waals surface area contributed by atoms with E-state index in [0.717, 1.165) is 51.5 Å². The van der Waals surface area contributed by atoms with E-state index in [1.54, 1.807) is 13.4 Å². The number of hydrogen-bond acceptors (Lipinski definition) is 7. The maximum absolute atomic E-state index is 11.9. The Balaban J connectivity index is 1.54. The van der Waals surface area contributed by atoms with Crippen LogP contribution in [-0.4, -0.2) is 92.3 Å². The van der Waals surface area contributed by atoms with Gasteiger partial charge in [-0.3, -0.25) is 9.69 Å². The first-order valence-corrected chi connectivity index (χ1v) is 8.91. The summed E-state index contributed by atoms with van der Waals surface area (Å²) in [6.45, 7) is 7.03. The number of amides is 1. The fraction of sp³-hybridized carbons (Fsp3) is 0.706.